The van der Waals surface area contributed by atoms with E-state index < -0.39 is 4.92 Å². The molecule has 2 aliphatic heterocycles. The number of fused-ring (bicyclic) bond motifs is 2. The van der Waals surface area contributed by atoms with Gasteiger partial charge in [-0.15, -0.1) is 5.69 Å². The van der Waals surface area contributed by atoms with Crippen LogP contribution >= 0.6 is 23.2 Å². The second-order valence-electron chi connectivity index (χ2n) is 6.86. The SMILES string of the molecule is CN1Cc2c(Cl)cc([N+](=O)[O-])c([NH-])c2C1.CN1Cc2c([NH-])ccc(Cl)c2C1.[Ac].[Ac]. The molecule has 2 heterocycles. The van der Waals surface area contributed by atoms with Crippen molar-refractivity contribution in [1.82, 2.24) is 9.80 Å². The summed E-state index contributed by atoms with van der Waals surface area (Å²) in [6.07, 6.45) is 0. The predicted octanol–water partition coefficient (Wildman–Crippen LogP) is 5.85. The van der Waals surface area contributed by atoms with Crippen LogP contribution in [0.15, 0.2) is 18.2 Å². The molecule has 0 unspecified atom stereocenters. The largest absolute Gasteiger partial charge is 0.698 e. The van der Waals surface area contributed by atoms with Crippen LogP contribution in [0.3, 0.4) is 0 Å². The number of nitro groups is 1. The van der Waals surface area contributed by atoms with Gasteiger partial charge in [0, 0.05) is 125 Å². The van der Waals surface area contributed by atoms with Gasteiger partial charge >= 0.3 is 0 Å². The molecular weight excluding hydrogens is 843 g/mol. The van der Waals surface area contributed by atoms with Crippen LogP contribution in [0.25, 0.3) is 11.5 Å². The summed E-state index contributed by atoms with van der Waals surface area (Å²) < 4.78 is 0. The number of benzene rings is 2. The minimum atomic E-state index is -0.563. The molecule has 0 saturated heterocycles. The summed E-state index contributed by atoms with van der Waals surface area (Å²) in [6.45, 7) is 2.93. The first-order valence-corrected chi connectivity index (χ1v) is 9.03. The molecule has 4 rings (SSSR count). The van der Waals surface area contributed by atoms with Crippen LogP contribution in [0, 0.1) is 98.2 Å². The van der Waals surface area contributed by atoms with Crippen molar-refractivity contribution in [1.29, 1.82) is 0 Å². The van der Waals surface area contributed by atoms with E-state index >= 15 is 0 Å². The van der Waals surface area contributed by atoms with Gasteiger partial charge in [-0.25, -0.2) is 0 Å². The van der Waals surface area contributed by atoms with Gasteiger partial charge in [-0.3, -0.25) is 19.9 Å². The minimum absolute atomic E-state index is 0. The molecule has 0 amide bonds. The third-order valence-electron chi connectivity index (χ3n) is 4.76. The Balaban J connectivity index is 0.000000277. The van der Waals surface area contributed by atoms with Gasteiger partial charge in [0.05, 0.1) is 9.95 Å². The summed E-state index contributed by atoms with van der Waals surface area (Å²) in [6, 6.07) is 4.84. The molecule has 0 saturated carbocycles. The fourth-order valence-corrected chi connectivity index (χ4v) is 3.94. The Labute approximate surface area is 251 Å². The van der Waals surface area contributed by atoms with Gasteiger partial charge in [0.25, 0.3) is 5.69 Å². The van der Waals surface area contributed by atoms with Gasteiger partial charge in [-0.1, -0.05) is 35.0 Å². The predicted molar refractivity (Wildman–Crippen MR) is 108 cm³/mol. The second kappa shape index (κ2) is 11.6. The number of nitrogens with zero attached hydrogens (tertiary/aromatic N) is 3. The van der Waals surface area contributed by atoms with E-state index in [-0.39, 0.29) is 99.5 Å². The smallest absolute Gasteiger partial charge is 0.256 e. The van der Waals surface area contributed by atoms with Crippen LogP contribution in [-0.4, -0.2) is 28.8 Å². The Bertz CT molecular complexity index is 899. The summed E-state index contributed by atoms with van der Waals surface area (Å²) in [5.74, 6) is 0. The fraction of sp³-hybridized carbons (Fsp3) is 0.333. The first-order chi connectivity index (χ1) is 12.7. The standard InChI is InChI=1S/C9H9ClN3O2.C9H10ClN2.2Ac/c1-12-3-5-6(4-12)9(11)8(13(14)15)2-7(5)10;1-12-4-6-7(5-12)9(11)3-2-8(6)10;;/h2,11H,3-4H2,1H3;2-3,11H,4-5H2,1H3;;/q2*-1;;. The Morgan fingerprint density at radius 1 is 0.897 bits per heavy atom. The molecule has 0 aromatic heterocycles. The van der Waals surface area contributed by atoms with Gasteiger partial charge in [-0.05, 0) is 42.4 Å². The maximum atomic E-state index is 10.7. The van der Waals surface area contributed by atoms with E-state index in [1.54, 1.807) is 6.07 Å². The topological polar surface area (TPSA) is 97.2 Å². The maximum Gasteiger partial charge on any atom is 0.256 e. The van der Waals surface area contributed by atoms with Crippen molar-refractivity contribution < 1.29 is 93.0 Å². The molecule has 29 heavy (non-hydrogen) atoms. The summed E-state index contributed by atoms with van der Waals surface area (Å²) >= 11 is 11.9. The van der Waals surface area contributed by atoms with Gasteiger partial charge in [0.1, 0.15) is 0 Å². The molecular formula is C18H19Ac2Cl2N5O2-2. The fourth-order valence-electron chi connectivity index (χ4n) is 3.43. The van der Waals surface area contributed by atoms with Crippen LogP contribution in [-0.2, 0) is 26.2 Å². The van der Waals surface area contributed by atoms with Gasteiger partial charge < -0.3 is 11.5 Å². The molecule has 7 nitrogen and oxygen atoms in total. The van der Waals surface area contributed by atoms with Crippen LogP contribution in [0.5, 0.6) is 0 Å². The Morgan fingerprint density at radius 2 is 1.38 bits per heavy atom. The number of nitro benzene ring substituents is 1. The first kappa shape index (κ1) is 27.9. The van der Waals surface area contributed by atoms with E-state index in [0.717, 1.165) is 34.8 Å². The van der Waals surface area contributed by atoms with Crippen molar-refractivity contribution in [3.63, 3.8) is 0 Å². The van der Waals surface area contributed by atoms with E-state index in [1.807, 2.05) is 25.1 Å². The first-order valence-electron chi connectivity index (χ1n) is 8.28. The van der Waals surface area contributed by atoms with Crippen molar-refractivity contribution in [3.05, 3.63) is 72.1 Å². The van der Waals surface area contributed by atoms with Gasteiger partial charge in [0.2, 0.25) is 0 Å². The third kappa shape index (κ3) is 6.20. The Hall–Kier alpha value is 0.823. The molecule has 150 valence electrons. The summed E-state index contributed by atoms with van der Waals surface area (Å²) in [7, 11) is 3.93. The van der Waals surface area contributed by atoms with Crippen molar-refractivity contribution in [2.45, 2.75) is 26.2 Å². The zero-order valence-corrected chi connectivity index (χ0v) is 27.1. The van der Waals surface area contributed by atoms with E-state index in [2.05, 4.69) is 4.90 Å². The van der Waals surface area contributed by atoms with Crippen molar-refractivity contribution >= 4 is 40.3 Å². The maximum absolute atomic E-state index is 10.7. The molecule has 2 N–H and O–H groups in total. The average molecular weight is 862 g/mol. The summed E-state index contributed by atoms with van der Waals surface area (Å²) in [5, 5.41) is 11.9. The van der Waals surface area contributed by atoms with E-state index in [4.69, 9.17) is 34.7 Å². The monoisotopic (exact) mass is 861 g/mol. The Kier molecular flexibility index (Phi) is 11.2. The van der Waals surface area contributed by atoms with Crippen molar-refractivity contribution in [2.75, 3.05) is 14.1 Å². The summed E-state index contributed by atoms with van der Waals surface area (Å²) in [5.41, 5.74) is 19.5. The summed E-state index contributed by atoms with van der Waals surface area (Å²) in [4.78, 5) is 14.2. The van der Waals surface area contributed by atoms with Crippen LogP contribution in [0.1, 0.15) is 22.3 Å². The third-order valence-corrected chi connectivity index (χ3v) is 5.45. The van der Waals surface area contributed by atoms with E-state index in [9.17, 15) is 10.1 Å². The molecule has 0 bridgehead atoms. The van der Waals surface area contributed by atoms with E-state index in [1.165, 1.54) is 6.07 Å². The average Bonchev–Trinajstić information content (AvgIpc) is 3.19. The molecule has 0 atom stereocenters. The van der Waals surface area contributed by atoms with Gasteiger partial charge in [-0.2, -0.15) is 0 Å². The molecule has 2 aromatic carbocycles. The number of hydrogen-bond acceptors (Lipinski definition) is 4. The number of halogens is 2. The molecule has 0 aliphatic carbocycles. The number of rotatable bonds is 1. The molecule has 2 radical (unpaired) electrons. The Morgan fingerprint density at radius 3 is 1.90 bits per heavy atom. The van der Waals surface area contributed by atoms with Crippen molar-refractivity contribution in [2.24, 2.45) is 0 Å². The van der Waals surface area contributed by atoms with Crippen LogP contribution in [0.2, 0.25) is 10.0 Å². The number of nitrogens with one attached hydrogen (secondary N) is 2. The van der Waals surface area contributed by atoms with Crippen LogP contribution < -0.4 is 0 Å². The zero-order valence-electron chi connectivity index (χ0n) is 16.1. The molecule has 2 aromatic rings. The van der Waals surface area contributed by atoms with Gasteiger partial charge in [0.15, 0.2) is 0 Å². The molecule has 11 heteroatoms. The number of hydrogen-bond donors (Lipinski definition) is 0. The molecule has 0 spiro atoms. The molecule has 0 fully saturated rings. The minimum Gasteiger partial charge on any atom is -0.698 e. The van der Waals surface area contributed by atoms with E-state index in [0.29, 0.717) is 29.4 Å². The quantitative estimate of drug-likeness (QED) is 0.266. The zero-order chi connectivity index (χ0) is 19.9. The molecule has 2 aliphatic rings. The van der Waals surface area contributed by atoms with Crippen LogP contribution in [0.4, 0.5) is 17.1 Å². The normalized spacial score (nSPS) is 14.8. The van der Waals surface area contributed by atoms with Crippen molar-refractivity contribution in [3.8, 4) is 0 Å². The second-order valence-corrected chi connectivity index (χ2v) is 7.68.